The van der Waals surface area contributed by atoms with Crippen LogP contribution in [0.4, 0.5) is 5.82 Å². The van der Waals surface area contributed by atoms with Gasteiger partial charge in [-0.25, -0.2) is 4.98 Å². The van der Waals surface area contributed by atoms with Crippen LogP contribution in [-0.2, 0) is 6.54 Å². The number of benzene rings is 1. The van der Waals surface area contributed by atoms with Gasteiger partial charge in [0, 0.05) is 17.5 Å². The van der Waals surface area contributed by atoms with Gasteiger partial charge in [-0.2, -0.15) is 10.5 Å². The number of fused-ring (bicyclic) bond motifs is 1. The second-order valence-electron chi connectivity index (χ2n) is 4.19. The molecule has 0 spiro atoms. The second kappa shape index (κ2) is 5.81. The van der Waals surface area contributed by atoms with Gasteiger partial charge < -0.3 is 5.73 Å². The van der Waals surface area contributed by atoms with E-state index >= 15 is 0 Å². The number of anilines is 1. The second-order valence-corrected chi connectivity index (χ2v) is 4.19. The lowest BCUT2D eigenvalue weighted by Gasteiger charge is -2.16. The minimum Gasteiger partial charge on any atom is -0.383 e. The van der Waals surface area contributed by atoms with Gasteiger partial charge in [0.15, 0.2) is 0 Å². The molecule has 0 aliphatic rings. The number of para-hydroxylation sites is 1. The number of aromatic nitrogens is 1. The Morgan fingerprint density at radius 2 is 1.84 bits per heavy atom. The molecule has 1 heterocycles. The van der Waals surface area contributed by atoms with Gasteiger partial charge in [0.05, 0.1) is 30.7 Å². The summed E-state index contributed by atoms with van der Waals surface area (Å²) in [5.41, 5.74) is 7.60. The average molecular weight is 251 g/mol. The molecule has 2 rings (SSSR count). The summed E-state index contributed by atoms with van der Waals surface area (Å²) in [4.78, 5) is 6.06. The molecule has 94 valence electrons. The smallest absolute Gasteiger partial charge is 0.128 e. The van der Waals surface area contributed by atoms with E-state index in [0.717, 1.165) is 16.5 Å². The summed E-state index contributed by atoms with van der Waals surface area (Å²) in [5.74, 6) is 0.444. The van der Waals surface area contributed by atoms with Crippen molar-refractivity contribution in [3.05, 3.63) is 35.9 Å². The van der Waals surface area contributed by atoms with Crippen molar-refractivity contribution in [2.45, 2.75) is 6.54 Å². The van der Waals surface area contributed by atoms with Crippen molar-refractivity contribution in [1.29, 1.82) is 10.5 Å². The van der Waals surface area contributed by atoms with Gasteiger partial charge in [-0.05, 0) is 12.1 Å². The van der Waals surface area contributed by atoms with E-state index in [9.17, 15) is 0 Å². The zero-order chi connectivity index (χ0) is 13.7. The van der Waals surface area contributed by atoms with Crippen LogP contribution < -0.4 is 5.73 Å². The average Bonchev–Trinajstić information content (AvgIpc) is 2.40. The Morgan fingerprint density at radius 3 is 2.53 bits per heavy atom. The maximum Gasteiger partial charge on any atom is 0.128 e. The largest absolute Gasteiger partial charge is 0.383 e. The van der Waals surface area contributed by atoms with Crippen molar-refractivity contribution in [3.63, 3.8) is 0 Å². The van der Waals surface area contributed by atoms with Gasteiger partial charge in [0.25, 0.3) is 0 Å². The first-order chi connectivity index (χ1) is 9.24. The molecular weight excluding hydrogens is 238 g/mol. The predicted molar refractivity (Wildman–Crippen MR) is 72.7 cm³/mol. The van der Waals surface area contributed by atoms with Crippen LogP contribution in [0, 0.1) is 22.7 Å². The summed E-state index contributed by atoms with van der Waals surface area (Å²) in [5, 5.41) is 18.5. The van der Waals surface area contributed by atoms with E-state index in [-0.39, 0.29) is 13.1 Å². The molecule has 2 aromatic rings. The van der Waals surface area contributed by atoms with Crippen LogP contribution in [0.5, 0.6) is 0 Å². The molecular formula is C14H13N5. The molecule has 1 aromatic heterocycles. The molecule has 0 unspecified atom stereocenters. The van der Waals surface area contributed by atoms with Crippen LogP contribution in [0.25, 0.3) is 10.9 Å². The van der Waals surface area contributed by atoms with Gasteiger partial charge in [0.1, 0.15) is 5.82 Å². The third-order valence-electron chi connectivity index (χ3n) is 2.82. The van der Waals surface area contributed by atoms with E-state index in [4.69, 9.17) is 16.3 Å². The summed E-state index contributed by atoms with van der Waals surface area (Å²) in [7, 11) is 0. The zero-order valence-corrected chi connectivity index (χ0v) is 10.4. The third-order valence-corrected chi connectivity index (χ3v) is 2.82. The van der Waals surface area contributed by atoms with Gasteiger partial charge >= 0.3 is 0 Å². The number of nitrogen functional groups attached to an aromatic ring is 1. The first kappa shape index (κ1) is 12.8. The molecule has 2 N–H and O–H groups in total. The lowest BCUT2D eigenvalue weighted by Crippen LogP contribution is -2.24. The van der Waals surface area contributed by atoms with Gasteiger partial charge in [-0.15, -0.1) is 0 Å². The Kier molecular flexibility index (Phi) is 3.92. The van der Waals surface area contributed by atoms with Gasteiger partial charge in [-0.1, -0.05) is 18.2 Å². The monoisotopic (exact) mass is 251 g/mol. The SMILES string of the molecule is N#CCN(CC#N)Cc1cc2ccccc2nc1N. The fourth-order valence-electron chi connectivity index (χ4n) is 1.91. The highest BCUT2D eigenvalue weighted by atomic mass is 15.1. The summed E-state index contributed by atoms with van der Waals surface area (Å²) in [6.45, 7) is 0.838. The van der Waals surface area contributed by atoms with E-state index < -0.39 is 0 Å². The molecule has 5 heteroatoms. The molecule has 0 fully saturated rings. The fraction of sp³-hybridized carbons (Fsp3) is 0.214. The molecule has 0 aliphatic heterocycles. The number of hydrogen-bond acceptors (Lipinski definition) is 5. The molecule has 0 amide bonds. The Bertz CT molecular complexity index is 650. The molecule has 0 aliphatic carbocycles. The summed E-state index contributed by atoms with van der Waals surface area (Å²) < 4.78 is 0. The first-order valence-corrected chi connectivity index (χ1v) is 5.85. The highest BCUT2D eigenvalue weighted by molar-refractivity contribution is 5.81. The Balaban J connectivity index is 2.31. The Morgan fingerprint density at radius 1 is 1.16 bits per heavy atom. The molecule has 0 bridgehead atoms. The van der Waals surface area contributed by atoms with Crippen molar-refractivity contribution in [2.24, 2.45) is 0 Å². The third kappa shape index (κ3) is 2.98. The lowest BCUT2D eigenvalue weighted by atomic mass is 10.1. The minimum atomic E-state index is 0.194. The van der Waals surface area contributed by atoms with E-state index in [0.29, 0.717) is 12.4 Å². The Labute approximate surface area is 111 Å². The van der Waals surface area contributed by atoms with Crippen molar-refractivity contribution >= 4 is 16.7 Å². The normalized spacial score (nSPS) is 10.3. The number of hydrogen-bond donors (Lipinski definition) is 1. The molecule has 0 radical (unpaired) electrons. The van der Waals surface area contributed by atoms with Crippen LogP contribution in [0.3, 0.4) is 0 Å². The van der Waals surface area contributed by atoms with E-state index in [1.807, 2.05) is 42.5 Å². The van der Waals surface area contributed by atoms with Crippen LogP contribution in [0.15, 0.2) is 30.3 Å². The van der Waals surface area contributed by atoms with E-state index in [1.165, 1.54) is 0 Å². The maximum absolute atomic E-state index is 8.73. The minimum absolute atomic E-state index is 0.194. The van der Waals surface area contributed by atoms with Crippen molar-refractivity contribution in [2.75, 3.05) is 18.8 Å². The van der Waals surface area contributed by atoms with E-state index in [1.54, 1.807) is 4.90 Å². The topological polar surface area (TPSA) is 89.7 Å². The first-order valence-electron chi connectivity index (χ1n) is 5.85. The molecule has 5 nitrogen and oxygen atoms in total. The molecule has 19 heavy (non-hydrogen) atoms. The van der Waals surface area contributed by atoms with Gasteiger partial charge in [0.2, 0.25) is 0 Å². The molecule has 0 saturated carbocycles. The number of nitrogens with two attached hydrogens (primary N) is 1. The molecule has 0 saturated heterocycles. The van der Waals surface area contributed by atoms with Crippen LogP contribution in [0.2, 0.25) is 0 Å². The summed E-state index contributed by atoms with van der Waals surface area (Å²) in [6.07, 6.45) is 0. The molecule has 1 aromatic carbocycles. The van der Waals surface area contributed by atoms with Crippen LogP contribution in [0.1, 0.15) is 5.56 Å². The van der Waals surface area contributed by atoms with Crippen LogP contribution in [-0.4, -0.2) is 23.0 Å². The quantitative estimate of drug-likeness (QED) is 0.835. The van der Waals surface area contributed by atoms with Crippen molar-refractivity contribution < 1.29 is 0 Å². The maximum atomic E-state index is 8.73. The summed E-state index contributed by atoms with van der Waals surface area (Å²) >= 11 is 0. The number of rotatable bonds is 4. The zero-order valence-electron chi connectivity index (χ0n) is 10.4. The summed E-state index contributed by atoms with van der Waals surface area (Å²) in [6, 6.07) is 13.8. The predicted octanol–water partition coefficient (Wildman–Crippen LogP) is 1.67. The number of nitrogens with zero attached hydrogens (tertiary/aromatic N) is 4. The fourth-order valence-corrected chi connectivity index (χ4v) is 1.91. The number of nitriles is 2. The van der Waals surface area contributed by atoms with Crippen molar-refractivity contribution in [1.82, 2.24) is 9.88 Å². The van der Waals surface area contributed by atoms with E-state index in [2.05, 4.69) is 4.98 Å². The molecule has 0 atom stereocenters. The van der Waals surface area contributed by atoms with Gasteiger partial charge in [-0.3, -0.25) is 4.90 Å². The standard InChI is InChI=1S/C14H13N5/c15-5-7-19(8-6-16)10-12-9-11-3-1-2-4-13(11)18-14(12)17/h1-4,9H,7-8,10H2,(H2,17,18). The highest BCUT2D eigenvalue weighted by Crippen LogP contribution is 2.19. The lowest BCUT2D eigenvalue weighted by molar-refractivity contribution is 0.335. The highest BCUT2D eigenvalue weighted by Gasteiger charge is 2.09. The number of pyridine rings is 1. The van der Waals surface area contributed by atoms with Crippen LogP contribution >= 0.6 is 0 Å². The Hall–Kier alpha value is -2.63. The van der Waals surface area contributed by atoms with Crippen molar-refractivity contribution in [3.8, 4) is 12.1 Å².